The Kier molecular flexibility index (Phi) is 5.05. The molecule has 0 spiro atoms. The molecule has 2 amide bonds. The first-order valence-corrected chi connectivity index (χ1v) is 9.49. The number of aromatic nitrogens is 6. The maximum absolute atomic E-state index is 12.7. The smallest absolute Gasteiger partial charge is 0.317 e. The van der Waals surface area contributed by atoms with E-state index in [0.717, 1.165) is 36.6 Å². The van der Waals surface area contributed by atoms with Crippen molar-refractivity contribution in [2.24, 2.45) is 7.05 Å². The molecule has 4 rings (SSSR count). The van der Waals surface area contributed by atoms with E-state index in [1.807, 2.05) is 53.8 Å². The first-order valence-electron chi connectivity index (χ1n) is 9.49. The maximum Gasteiger partial charge on any atom is 0.317 e. The predicted molar refractivity (Wildman–Crippen MR) is 103 cm³/mol. The number of carbonyl (C=O) groups is 1. The van der Waals surface area contributed by atoms with Crippen LogP contribution in [-0.2, 0) is 7.05 Å². The van der Waals surface area contributed by atoms with E-state index in [4.69, 9.17) is 0 Å². The number of H-pyrrole nitrogens is 1. The molecular weight excluding hydrogens is 356 g/mol. The standard InChI is InChI=1S/C19H24N8O/c1-13(18-25-20-12-26(18)2)21-19(28)27-10-6-9-15(11-27)17-22-16(23-24-17)14-7-4-3-5-8-14/h3-5,7-8,12-13,15H,6,9-11H2,1-2H3,(H,21,28)(H,22,23,24)/t13-,15+/m1/s1. The summed E-state index contributed by atoms with van der Waals surface area (Å²) in [6, 6.07) is 9.57. The number of aryl methyl sites for hydroxylation is 1. The summed E-state index contributed by atoms with van der Waals surface area (Å²) >= 11 is 0. The number of benzene rings is 1. The largest absolute Gasteiger partial charge is 0.328 e. The zero-order chi connectivity index (χ0) is 19.5. The minimum absolute atomic E-state index is 0.0944. The molecule has 9 heteroatoms. The minimum Gasteiger partial charge on any atom is -0.328 e. The van der Waals surface area contributed by atoms with Gasteiger partial charge in [0.2, 0.25) is 0 Å². The van der Waals surface area contributed by atoms with Crippen molar-refractivity contribution in [2.75, 3.05) is 13.1 Å². The second-order valence-electron chi connectivity index (χ2n) is 7.17. The van der Waals surface area contributed by atoms with Crippen LogP contribution < -0.4 is 5.32 Å². The number of hydrogen-bond donors (Lipinski definition) is 2. The van der Waals surface area contributed by atoms with Crippen LogP contribution in [0.5, 0.6) is 0 Å². The van der Waals surface area contributed by atoms with Crippen molar-refractivity contribution in [3.05, 3.63) is 48.3 Å². The zero-order valence-electron chi connectivity index (χ0n) is 16.0. The SMILES string of the molecule is C[C@@H](NC(=O)N1CCC[C@H](c2nc(-c3ccccc3)n[nH]2)C1)c1nncn1C. The number of piperidine rings is 1. The number of amides is 2. The summed E-state index contributed by atoms with van der Waals surface area (Å²) in [7, 11) is 1.86. The Hall–Kier alpha value is -3.23. The minimum atomic E-state index is -0.213. The van der Waals surface area contributed by atoms with Crippen molar-refractivity contribution in [3.8, 4) is 11.4 Å². The molecule has 0 radical (unpaired) electrons. The van der Waals surface area contributed by atoms with E-state index in [9.17, 15) is 4.79 Å². The second kappa shape index (κ2) is 7.79. The van der Waals surface area contributed by atoms with Crippen LogP contribution in [-0.4, -0.2) is 54.0 Å². The lowest BCUT2D eigenvalue weighted by molar-refractivity contribution is 0.175. The van der Waals surface area contributed by atoms with E-state index in [1.54, 1.807) is 6.33 Å². The Morgan fingerprint density at radius 1 is 1.32 bits per heavy atom. The van der Waals surface area contributed by atoms with Gasteiger partial charge in [-0.2, -0.15) is 5.10 Å². The molecule has 1 aliphatic rings. The molecule has 146 valence electrons. The number of carbonyl (C=O) groups excluding carboxylic acids is 1. The Labute approximate surface area is 163 Å². The molecule has 0 bridgehead atoms. The number of hydrogen-bond acceptors (Lipinski definition) is 5. The average molecular weight is 380 g/mol. The maximum atomic E-state index is 12.7. The van der Waals surface area contributed by atoms with Gasteiger partial charge >= 0.3 is 6.03 Å². The fraction of sp³-hybridized carbons (Fsp3) is 0.421. The molecule has 1 aliphatic heterocycles. The number of urea groups is 1. The molecule has 0 aliphatic carbocycles. The van der Waals surface area contributed by atoms with Crippen molar-refractivity contribution in [1.29, 1.82) is 0 Å². The molecule has 28 heavy (non-hydrogen) atoms. The van der Waals surface area contributed by atoms with Gasteiger partial charge in [-0.05, 0) is 19.8 Å². The molecule has 0 unspecified atom stereocenters. The van der Waals surface area contributed by atoms with Crippen LogP contribution in [0.2, 0.25) is 0 Å². The molecule has 0 saturated carbocycles. The lowest BCUT2D eigenvalue weighted by Crippen LogP contribution is -2.46. The first-order chi connectivity index (χ1) is 13.6. The van der Waals surface area contributed by atoms with Crippen LogP contribution in [0.4, 0.5) is 4.79 Å². The van der Waals surface area contributed by atoms with Crippen LogP contribution in [0, 0.1) is 0 Å². The Balaban J connectivity index is 1.41. The fourth-order valence-corrected chi connectivity index (χ4v) is 3.58. The molecule has 9 nitrogen and oxygen atoms in total. The average Bonchev–Trinajstić information content (AvgIpc) is 3.38. The van der Waals surface area contributed by atoms with Crippen molar-refractivity contribution in [2.45, 2.75) is 31.7 Å². The quantitative estimate of drug-likeness (QED) is 0.722. The number of aromatic amines is 1. The molecular formula is C19H24N8O. The first kappa shape index (κ1) is 18.1. The zero-order valence-corrected chi connectivity index (χ0v) is 16.0. The highest BCUT2D eigenvalue weighted by molar-refractivity contribution is 5.74. The Bertz CT molecular complexity index is 934. The normalized spacial score (nSPS) is 18.1. The molecule has 2 aromatic heterocycles. The summed E-state index contributed by atoms with van der Waals surface area (Å²) in [4.78, 5) is 19.2. The van der Waals surface area contributed by atoms with Gasteiger partial charge in [-0.25, -0.2) is 9.78 Å². The van der Waals surface area contributed by atoms with Crippen LogP contribution in [0.25, 0.3) is 11.4 Å². The highest BCUT2D eigenvalue weighted by Gasteiger charge is 2.28. The van der Waals surface area contributed by atoms with Crippen molar-refractivity contribution >= 4 is 6.03 Å². The van der Waals surface area contributed by atoms with Gasteiger partial charge in [0.15, 0.2) is 11.6 Å². The number of nitrogens with one attached hydrogen (secondary N) is 2. The van der Waals surface area contributed by atoms with E-state index in [-0.39, 0.29) is 18.0 Å². The summed E-state index contributed by atoms with van der Waals surface area (Å²) in [5.41, 5.74) is 0.980. The summed E-state index contributed by atoms with van der Waals surface area (Å²) in [6.07, 6.45) is 3.53. The van der Waals surface area contributed by atoms with Crippen molar-refractivity contribution in [3.63, 3.8) is 0 Å². The number of nitrogens with zero attached hydrogens (tertiary/aromatic N) is 6. The third-order valence-corrected chi connectivity index (χ3v) is 5.10. The molecule has 3 heterocycles. The Morgan fingerprint density at radius 2 is 2.14 bits per heavy atom. The van der Waals surface area contributed by atoms with Crippen LogP contribution in [0.3, 0.4) is 0 Å². The fourth-order valence-electron chi connectivity index (χ4n) is 3.58. The molecule has 1 aromatic carbocycles. The number of rotatable bonds is 4. The predicted octanol–water partition coefficient (Wildman–Crippen LogP) is 2.25. The second-order valence-corrected chi connectivity index (χ2v) is 7.17. The van der Waals surface area contributed by atoms with Gasteiger partial charge in [0, 0.05) is 31.6 Å². The van der Waals surface area contributed by atoms with E-state index >= 15 is 0 Å². The number of likely N-dealkylation sites (tertiary alicyclic amines) is 1. The summed E-state index contributed by atoms with van der Waals surface area (Å²) in [5, 5.41) is 18.4. The van der Waals surface area contributed by atoms with E-state index in [0.29, 0.717) is 12.4 Å². The van der Waals surface area contributed by atoms with Gasteiger partial charge in [-0.3, -0.25) is 5.10 Å². The monoisotopic (exact) mass is 380 g/mol. The van der Waals surface area contributed by atoms with Gasteiger partial charge in [0.05, 0.1) is 6.04 Å². The molecule has 2 atom stereocenters. The highest BCUT2D eigenvalue weighted by Crippen LogP contribution is 2.26. The van der Waals surface area contributed by atoms with Crippen molar-refractivity contribution in [1.82, 2.24) is 40.2 Å². The van der Waals surface area contributed by atoms with E-state index in [1.165, 1.54) is 0 Å². The van der Waals surface area contributed by atoms with Gasteiger partial charge < -0.3 is 14.8 Å². The van der Waals surface area contributed by atoms with Gasteiger partial charge in [0.25, 0.3) is 0 Å². The third-order valence-electron chi connectivity index (χ3n) is 5.10. The van der Waals surface area contributed by atoms with Gasteiger partial charge in [-0.15, -0.1) is 10.2 Å². The van der Waals surface area contributed by atoms with E-state index < -0.39 is 0 Å². The third kappa shape index (κ3) is 3.73. The summed E-state index contributed by atoms with van der Waals surface area (Å²) in [6.45, 7) is 3.25. The van der Waals surface area contributed by atoms with Crippen molar-refractivity contribution < 1.29 is 4.79 Å². The molecule has 3 aromatic rings. The molecule has 1 fully saturated rings. The van der Waals surface area contributed by atoms with Gasteiger partial charge in [0.1, 0.15) is 12.2 Å². The highest BCUT2D eigenvalue weighted by atomic mass is 16.2. The molecule has 1 saturated heterocycles. The molecule has 2 N–H and O–H groups in total. The van der Waals surface area contributed by atoms with Crippen LogP contribution in [0.15, 0.2) is 36.7 Å². The summed E-state index contributed by atoms with van der Waals surface area (Å²) in [5.74, 6) is 2.39. The lowest BCUT2D eigenvalue weighted by Gasteiger charge is -2.32. The summed E-state index contributed by atoms with van der Waals surface area (Å²) < 4.78 is 1.81. The van der Waals surface area contributed by atoms with Gasteiger partial charge in [-0.1, -0.05) is 30.3 Å². The topological polar surface area (TPSA) is 105 Å². The lowest BCUT2D eigenvalue weighted by atomic mass is 9.97. The van der Waals surface area contributed by atoms with E-state index in [2.05, 4.69) is 30.7 Å². The van der Waals surface area contributed by atoms with Crippen LogP contribution >= 0.6 is 0 Å². The Morgan fingerprint density at radius 3 is 2.89 bits per heavy atom. The van der Waals surface area contributed by atoms with Crippen LogP contribution in [0.1, 0.15) is 43.4 Å².